The molecule has 1 rings (SSSR count). The second-order valence-corrected chi connectivity index (χ2v) is 4.66. The molecule has 0 radical (unpaired) electrons. The molecule has 0 bridgehead atoms. The van der Waals surface area contributed by atoms with E-state index < -0.39 is 5.97 Å². The number of nitrogens with zero attached hydrogens (tertiary/aromatic N) is 1. The van der Waals surface area contributed by atoms with Crippen molar-refractivity contribution in [3.8, 4) is 0 Å². The van der Waals surface area contributed by atoms with Gasteiger partial charge in [0.15, 0.2) is 0 Å². The minimum Gasteiger partial charge on any atom is -0.478 e. The Balaban J connectivity index is 2.47. The van der Waals surface area contributed by atoms with Crippen molar-refractivity contribution in [3.63, 3.8) is 0 Å². The van der Waals surface area contributed by atoms with Crippen molar-refractivity contribution in [3.05, 3.63) is 12.2 Å². The summed E-state index contributed by atoms with van der Waals surface area (Å²) in [5.41, 5.74) is 0.299. The first-order valence-electron chi connectivity index (χ1n) is 5.11. The van der Waals surface area contributed by atoms with Crippen molar-refractivity contribution in [2.45, 2.75) is 26.7 Å². The van der Waals surface area contributed by atoms with Crippen molar-refractivity contribution >= 4 is 11.9 Å². The molecule has 1 saturated heterocycles. The van der Waals surface area contributed by atoms with E-state index in [1.54, 1.807) is 4.90 Å². The van der Waals surface area contributed by atoms with Gasteiger partial charge in [0.05, 0.1) is 0 Å². The second-order valence-electron chi connectivity index (χ2n) is 4.66. The quantitative estimate of drug-likeness (QED) is 0.700. The molecule has 1 aliphatic rings. The SMILES string of the molecule is CC1(C)CCN(C(=O)/C=C/C(=O)O)CC1. The number of aliphatic carboxylic acids is 1. The molecule has 0 spiro atoms. The maximum absolute atomic E-state index is 11.5. The zero-order chi connectivity index (χ0) is 11.5. The van der Waals surface area contributed by atoms with E-state index in [-0.39, 0.29) is 5.91 Å². The largest absolute Gasteiger partial charge is 0.478 e. The highest BCUT2D eigenvalue weighted by Crippen LogP contribution is 2.29. The van der Waals surface area contributed by atoms with Crippen LogP contribution >= 0.6 is 0 Å². The van der Waals surface area contributed by atoms with Gasteiger partial charge in [-0.3, -0.25) is 4.79 Å². The highest BCUT2D eigenvalue weighted by Gasteiger charge is 2.26. The third kappa shape index (κ3) is 3.73. The van der Waals surface area contributed by atoms with E-state index in [0.29, 0.717) is 5.41 Å². The molecule has 1 fully saturated rings. The van der Waals surface area contributed by atoms with Gasteiger partial charge in [0, 0.05) is 25.2 Å². The minimum atomic E-state index is -1.08. The number of carboxylic acid groups (broad SMARTS) is 1. The molecule has 15 heavy (non-hydrogen) atoms. The highest BCUT2D eigenvalue weighted by atomic mass is 16.4. The van der Waals surface area contributed by atoms with Crippen LogP contribution in [-0.2, 0) is 9.59 Å². The third-order valence-electron chi connectivity index (χ3n) is 2.80. The zero-order valence-electron chi connectivity index (χ0n) is 9.19. The van der Waals surface area contributed by atoms with Crippen LogP contribution in [0.1, 0.15) is 26.7 Å². The Hall–Kier alpha value is -1.32. The number of rotatable bonds is 2. The Kier molecular flexibility index (Phi) is 3.50. The monoisotopic (exact) mass is 211 g/mol. The predicted octanol–water partition coefficient (Wildman–Crippen LogP) is 1.28. The van der Waals surface area contributed by atoms with E-state index in [9.17, 15) is 9.59 Å². The van der Waals surface area contributed by atoms with Crippen molar-refractivity contribution in [2.24, 2.45) is 5.41 Å². The van der Waals surface area contributed by atoms with Crippen LogP contribution in [0, 0.1) is 5.41 Å². The Bertz CT molecular complexity index is 284. The van der Waals surface area contributed by atoms with Gasteiger partial charge in [-0.2, -0.15) is 0 Å². The number of carbonyl (C=O) groups excluding carboxylic acids is 1. The van der Waals surface area contributed by atoms with E-state index >= 15 is 0 Å². The Morgan fingerprint density at radius 1 is 1.20 bits per heavy atom. The molecule has 0 aromatic rings. The van der Waals surface area contributed by atoms with Crippen molar-refractivity contribution < 1.29 is 14.7 Å². The van der Waals surface area contributed by atoms with Crippen molar-refractivity contribution in [1.82, 2.24) is 4.90 Å². The summed E-state index contributed by atoms with van der Waals surface area (Å²) in [6.07, 6.45) is 3.96. The lowest BCUT2D eigenvalue weighted by Crippen LogP contribution is -2.40. The predicted molar refractivity (Wildman–Crippen MR) is 56.4 cm³/mol. The summed E-state index contributed by atoms with van der Waals surface area (Å²) >= 11 is 0. The van der Waals surface area contributed by atoms with Gasteiger partial charge >= 0.3 is 5.97 Å². The highest BCUT2D eigenvalue weighted by molar-refractivity contribution is 5.93. The summed E-state index contributed by atoms with van der Waals surface area (Å²) in [6.45, 7) is 5.80. The van der Waals surface area contributed by atoms with E-state index in [1.807, 2.05) is 0 Å². The lowest BCUT2D eigenvalue weighted by molar-refractivity contribution is -0.132. The molecule has 1 amide bonds. The van der Waals surface area contributed by atoms with Crippen molar-refractivity contribution in [1.29, 1.82) is 0 Å². The Morgan fingerprint density at radius 2 is 1.73 bits per heavy atom. The molecule has 0 aromatic carbocycles. The van der Waals surface area contributed by atoms with Gasteiger partial charge in [-0.15, -0.1) is 0 Å². The van der Waals surface area contributed by atoms with Crippen LogP contribution in [0.2, 0.25) is 0 Å². The van der Waals surface area contributed by atoms with Crippen LogP contribution < -0.4 is 0 Å². The van der Waals surface area contributed by atoms with Gasteiger partial charge in [-0.25, -0.2) is 4.79 Å². The van der Waals surface area contributed by atoms with Gasteiger partial charge in [0.25, 0.3) is 0 Å². The molecule has 1 N–H and O–H groups in total. The third-order valence-corrected chi connectivity index (χ3v) is 2.80. The van der Waals surface area contributed by atoms with E-state index in [1.165, 1.54) is 0 Å². The summed E-state index contributed by atoms with van der Waals surface area (Å²) in [4.78, 5) is 23.4. The molecule has 0 aliphatic carbocycles. The summed E-state index contributed by atoms with van der Waals surface area (Å²) in [6, 6.07) is 0. The molecule has 84 valence electrons. The second kappa shape index (κ2) is 4.47. The number of likely N-dealkylation sites (tertiary alicyclic amines) is 1. The van der Waals surface area contributed by atoms with Crippen LogP contribution in [0.25, 0.3) is 0 Å². The summed E-state index contributed by atoms with van der Waals surface area (Å²) in [5, 5.41) is 8.39. The van der Waals surface area contributed by atoms with Gasteiger partial charge in [-0.1, -0.05) is 13.8 Å². The van der Waals surface area contributed by atoms with E-state index in [4.69, 9.17) is 5.11 Å². The maximum Gasteiger partial charge on any atom is 0.328 e. The molecule has 1 aliphatic heterocycles. The fourth-order valence-corrected chi connectivity index (χ4v) is 1.58. The first-order valence-corrected chi connectivity index (χ1v) is 5.11. The molecular formula is C11H17NO3. The number of piperidine rings is 1. The normalized spacial score (nSPS) is 20.5. The Labute approximate surface area is 89.6 Å². The molecule has 4 heteroatoms. The van der Waals surface area contributed by atoms with Crippen LogP contribution in [0.3, 0.4) is 0 Å². The number of hydrogen-bond donors (Lipinski definition) is 1. The number of carbonyl (C=O) groups is 2. The van der Waals surface area contributed by atoms with Gasteiger partial charge in [0.1, 0.15) is 0 Å². The minimum absolute atomic E-state index is 0.201. The van der Waals surface area contributed by atoms with Crippen LogP contribution in [0.4, 0.5) is 0 Å². The van der Waals surface area contributed by atoms with Gasteiger partial charge < -0.3 is 10.0 Å². The van der Waals surface area contributed by atoms with E-state index in [0.717, 1.165) is 38.1 Å². The lowest BCUT2D eigenvalue weighted by atomic mass is 9.83. The molecular weight excluding hydrogens is 194 g/mol. The Morgan fingerprint density at radius 3 is 2.20 bits per heavy atom. The fraction of sp³-hybridized carbons (Fsp3) is 0.636. The summed E-state index contributed by atoms with van der Waals surface area (Å²) in [5.74, 6) is -1.28. The van der Waals surface area contributed by atoms with Crippen LogP contribution in [0.5, 0.6) is 0 Å². The van der Waals surface area contributed by atoms with Crippen molar-refractivity contribution in [2.75, 3.05) is 13.1 Å². The standard InChI is InChI=1S/C11H17NO3/c1-11(2)5-7-12(8-6-11)9(13)3-4-10(14)15/h3-4H,5-8H2,1-2H3,(H,14,15)/b4-3+. The molecule has 1 heterocycles. The van der Waals surface area contributed by atoms with E-state index in [2.05, 4.69) is 13.8 Å². The van der Waals surface area contributed by atoms with Gasteiger partial charge in [-0.05, 0) is 18.3 Å². The first-order chi connectivity index (χ1) is 6.91. The maximum atomic E-state index is 11.5. The van der Waals surface area contributed by atoms with Crippen LogP contribution in [-0.4, -0.2) is 35.0 Å². The zero-order valence-corrected chi connectivity index (χ0v) is 9.19. The fourth-order valence-electron chi connectivity index (χ4n) is 1.58. The molecule has 0 saturated carbocycles. The average Bonchev–Trinajstić information content (AvgIpc) is 2.14. The summed E-state index contributed by atoms with van der Waals surface area (Å²) in [7, 11) is 0. The lowest BCUT2D eigenvalue weighted by Gasteiger charge is -2.36. The number of hydrogen-bond acceptors (Lipinski definition) is 2. The first kappa shape index (κ1) is 11.8. The molecule has 0 atom stereocenters. The van der Waals surface area contributed by atoms with Crippen LogP contribution in [0.15, 0.2) is 12.2 Å². The number of carboxylic acids is 1. The molecule has 0 aromatic heterocycles. The van der Waals surface area contributed by atoms with Gasteiger partial charge in [0.2, 0.25) is 5.91 Å². The molecule has 4 nitrogen and oxygen atoms in total. The number of amides is 1. The summed E-state index contributed by atoms with van der Waals surface area (Å²) < 4.78 is 0. The topological polar surface area (TPSA) is 57.6 Å². The molecule has 0 unspecified atom stereocenters. The average molecular weight is 211 g/mol. The smallest absolute Gasteiger partial charge is 0.328 e.